The number of carboxylic acids is 1. The number of carboxylic acid groups (broad SMARTS) is 1. The maximum Gasteiger partial charge on any atom is 0.335 e. The van der Waals surface area contributed by atoms with Crippen LogP contribution >= 0.6 is 0 Å². The lowest BCUT2D eigenvalue weighted by atomic mass is 9.98. The smallest absolute Gasteiger partial charge is 0.335 e. The molecular weight excluding hydrogens is 853 g/mol. The van der Waals surface area contributed by atoms with E-state index in [1.807, 2.05) is 0 Å². The van der Waals surface area contributed by atoms with Crippen molar-refractivity contribution in [3.63, 3.8) is 0 Å². The molecule has 0 saturated carbocycles. The van der Waals surface area contributed by atoms with E-state index < -0.39 is 67.3 Å². The molecule has 67 heavy (non-hydrogen) atoms. The van der Waals surface area contributed by atoms with Gasteiger partial charge in [-0.3, -0.25) is 14.4 Å². The Balaban J connectivity index is 2.69. The quantitative estimate of drug-likeness (QED) is 0.0228. The molecular formula is C55H96O12. The van der Waals surface area contributed by atoms with Gasteiger partial charge in [-0.25, -0.2) is 4.79 Å². The van der Waals surface area contributed by atoms with E-state index in [1.165, 1.54) is 83.5 Å². The molecule has 0 aliphatic carbocycles. The van der Waals surface area contributed by atoms with Crippen LogP contribution in [0.15, 0.2) is 36.5 Å². The molecule has 0 spiro atoms. The molecule has 1 saturated heterocycles. The first-order valence-corrected chi connectivity index (χ1v) is 27.0. The fourth-order valence-electron chi connectivity index (χ4n) is 8.09. The Morgan fingerprint density at radius 1 is 0.507 bits per heavy atom. The Bertz CT molecular complexity index is 1310. The number of rotatable bonds is 45. The van der Waals surface area contributed by atoms with Crippen molar-refractivity contribution in [1.29, 1.82) is 0 Å². The highest BCUT2D eigenvalue weighted by Gasteiger charge is 2.50. The minimum Gasteiger partial charge on any atom is -0.479 e. The average Bonchev–Trinajstić information content (AvgIpc) is 3.31. The number of esters is 3. The predicted molar refractivity (Wildman–Crippen MR) is 266 cm³/mol. The van der Waals surface area contributed by atoms with Crippen molar-refractivity contribution in [3.05, 3.63) is 36.5 Å². The maximum absolute atomic E-state index is 13.0. The molecule has 0 radical (unpaired) electrons. The fraction of sp³-hybridized carbons (Fsp3) is 0.818. The summed E-state index contributed by atoms with van der Waals surface area (Å²) in [5.41, 5.74) is 0. The van der Waals surface area contributed by atoms with E-state index in [4.69, 9.17) is 23.7 Å². The van der Waals surface area contributed by atoms with Crippen molar-refractivity contribution in [2.24, 2.45) is 0 Å². The lowest BCUT2D eigenvalue weighted by Crippen LogP contribution is -2.61. The summed E-state index contributed by atoms with van der Waals surface area (Å²) in [6.07, 6.45) is 37.2. The number of aliphatic carboxylic acids is 1. The number of aliphatic hydroxyl groups is 2. The van der Waals surface area contributed by atoms with Crippen molar-refractivity contribution in [1.82, 2.24) is 0 Å². The summed E-state index contributed by atoms with van der Waals surface area (Å²) in [6, 6.07) is 0. The number of ether oxygens (including phenoxy) is 5. The molecule has 0 aromatic carbocycles. The zero-order chi connectivity index (χ0) is 49.0. The second-order valence-corrected chi connectivity index (χ2v) is 18.5. The SMILES string of the molecule is CC/C=C\C/C=C\C/C=C\CCCCCCCCCC(=O)OCC(COC1OC(C(=O)O)C(O)C(O)C1OC(=O)CCCCCCCCCCC)OC(=O)CCCCCCCCCCCCC. The molecule has 388 valence electrons. The van der Waals surface area contributed by atoms with E-state index in [-0.39, 0.29) is 25.9 Å². The molecule has 1 rings (SSSR count). The summed E-state index contributed by atoms with van der Waals surface area (Å²) in [7, 11) is 0. The molecule has 0 bridgehead atoms. The number of carbonyl (C=O) groups excluding carboxylic acids is 3. The van der Waals surface area contributed by atoms with Crippen LogP contribution in [0.2, 0.25) is 0 Å². The number of aliphatic hydroxyl groups excluding tert-OH is 2. The van der Waals surface area contributed by atoms with Gasteiger partial charge in [0.25, 0.3) is 0 Å². The van der Waals surface area contributed by atoms with Crippen LogP contribution in [0.4, 0.5) is 0 Å². The van der Waals surface area contributed by atoms with Gasteiger partial charge >= 0.3 is 23.9 Å². The second-order valence-electron chi connectivity index (χ2n) is 18.5. The van der Waals surface area contributed by atoms with Crippen LogP contribution in [0.25, 0.3) is 0 Å². The molecule has 1 heterocycles. The predicted octanol–water partition coefficient (Wildman–Crippen LogP) is 12.9. The highest BCUT2D eigenvalue weighted by molar-refractivity contribution is 5.74. The Morgan fingerprint density at radius 3 is 1.43 bits per heavy atom. The van der Waals surface area contributed by atoms with Crippen LogP contribution in [-0.2, 0) is 42.9 Å². The van der Waals surface area contributed by atoms with Gasteiger partial charge in [-0.05, 0) is 51.4 Å². The van der Waals surface area contributed by atoms with E-state index in [1.54, 1.807) is 0 Å². The van der Waals surface area contributed by atoms with Crippen molar-refractivity contribution in [3.8, 4) is 0 Å². The number of hydrogen-bond acceptors (Lipinski definition) is 11. The first kappa shape index (κ1) is 62.0. The summed E-state index contributed by atoms with van der Waals surface area (Å²) < 4.78 is 28.3. The number of hydrogen-bond donors (Lipinski definition) is 3. The standard InChI is InChI=1S/C55H96O12/c1-4-7-10-13-16-19-21-22-23-24-25-26-28-30-32-35-38-41-47(56)63-44-46(65-48(57)42-39-36-34-31-27-20-17-14-11-8-5-2)45-64-55-53(51(60)50(59)52(67-55)54(61)62)66-49(58)43-40-37-33-29-18-15-12-9-6-3/h7,10,16,19,22-23,46,50-53,55,59-60H,4-6,8-9,11-15,17-18,20-21,24-45H2,1-3H3,(H,61,62)/b10-7-,19-16-,23-22-. The molecule has 12 nitrogen and oxygen atoms in total. The van der Waals surface area contributed by atoms with E-state index in [0.717, 1.165) is 96.3 Å². The molecule has 12 heteroatoms. The van der Waals surface area contributed by atoms with Gasteiger partial charge in [0.05, 0.1) is 6.61 Å². The monoisotopic (exact) mass is 949 g/mol. The van der Waals surface area contributed by atoms with Crippen LogP contribution in [0.1, 0.15) is 239 Å². The molecule has 0 amide bonds. The first-order chi connectivity index (χ1) is 32.6. The highest BCUT2D eigenvalue weighted by atomic mass is 16.7. The fourth-order valence-corrected chi connectivity index (χ4v) is 8.09. The highest BCUT2D eigenvalue weighted by Crippen LogP contribution is 2.26. The zero-order valence-corrected chi connectivity index (χ0v) is 42.4. The topological polar surface area (TPSA) is 175 Å². The molecule has 3 N–H and O–H groups in total. The molecule has 0 aromatic rings. The summed E-state index contributed by atoms with van der Waals surface area (Å²) >= 11 is 0. The normalized spacial score (nSPS) is 19.1. The van der Waals surface area contributed by atoms with Crippen LogP contribution in [0.3, 0.4) is 0 Å². The first-order valence-electron chi connectivity index (χ1n) is 27.0. The number of carbonyl (C=O) groups is 4. The van der Waals surface area contributed by atoms with Gasteiger partial charge in [-0.1, -0.05) is 205 Å². The van der Waals surface area contributed by atoms with Gasteiger partial charge in [0.1, 0.15) is 18.8 Å². The zero-order valence-electron chi connectivity index (χ0n) is 42.4. The molecule has 6 unspecified atom stereocenters. The molecule has 1 fully saturated rings. The second kappa shape index (κ2) is 44.2. The van der Waals surface area contributed by atoms with Gasteiger partial charge in [-0.15, -0.1) is 0 Å². The van der Waals surface area contributed by atoms with Gasteiger partial charge in [0.2, 0.25) is 0 Å². The largest absolute Gasteiger partial charge is 0.479 e. The average molecular weight is 949 g/mol. The third-order valence-corrected chi connectivity index (χ3v) is 12.2. The van der Waals surface area contributed by atoms with E-state index in [2.05, 4.69) is 57.2 Å². The van der Waals surface area contributed by atoms with Crippen molar-refractivity contribution in [2.75, 3.05) is 13.2 Å². The van der Waals surface area contributed by atoms with Gasteiger partial charge < -0.3 is 39.0 Å². The van der Waals surface area contributed by atoms with Crippen molar-refractivity contribution >= 4 is 23.9 Å². The Morgan fingerprint density at radius 2 is 0.940 bits per heavy atom. The minimum atomic E-state index is -1.90. The van der Waals surface area contributed by atoms with Gasteiger partial charge in [0, 0.05) is 19.3 Å². The summed E-state index contributed by atoms with van der Waals surface area (Å²) in [5, 5.41) is 31.3. The Hall–Kier alpha value is -3.06. The molecule has 1 aliphatic rings. The minimum absolute atomic E-state index is 0.0632. The molecule has 6 atom stereocenters. The molecule has 0 aromatic heterocycles. The van der Waals surface area contributed by atoms with Crippen LogP contribution in [0, 0.1) is 0 Å². The van der Waals surface area contributed by atoms with Gasteiger partial charge in [-0.2, -0.15) is 0 Å². The van der Waals surface area contributed by atoms with Crippen LogP contribution < -0.4 is 0 Å². The van der Waals surface area contributed by atoms with Crippen molar-refractivity contribution in [2.45, 2.75) is 276 Å². The van der Waals surface area contributed by atoms with E-state index in [0.29, 0.717) is 19.3 Å². The van der Waals surface area contributed by atoms with Crippen LogP contribution in [0.5, 0.6) is 0 Å². The van der Waals surface area contributed by atoms with E-state index >= 15 is 0 Å². The third kappa shape index (κ3) is 34.8. The third-order valence-electron chi connectivity index (χ3n) is 12.2. The van der Waals surface area contributed by atoms with Crippen molar-refractivity contribution < 1.29 is 58.2 Å². The number of allylic oxidation sites excluding steroid dienone is 6. The Labute approximate surface area is 406 Å². The lowest BCUT2D eigenvalue weighted by Gasteiger charge is -2.40. The summed E-state index contributed by atoms with van der Waals surface area (Å²) in [5.74, 6) is -3.12. The van der Waals surface area contributed by atoms with Crippen LogP contribution in [-0.4, -0.2) is 89.2 Å². The molecule has 1 aliphatic heterocycles. The maximum atomic E-state index is 13.0. The van der Waals surface area contributed by atoms with Gasteiger partial charge in [0.15, 0.2) is 24.6 Å². The summed E-state index contributed by atoms with van der Waals surface area (Å²) in [4.78, 5) is 50.8. The summed E-state index contributed by atoms with van der Waals surface area (Å²) in [6.45, 7) is 5.82. The Kier molecular flexibility index (Phi) is 40.8. The van der Waals surface area contributed by atoms with E-state index in [9.17, 15) is 34.5 Å². The lowest BCUT2D eigenvalue weighted by molar-refractivity contribution is -0.301. The number of unbranched alkanes of at least 4 members (excludes halogenated alkanes) is 25.